The van der Waals surface area contributed by atoms with Crippen molar-refractivity contribution in [1.29, 1.82) is 0 Å². The van der Waals surface area contributed by atoms with Crippen LogP contribution < -0.4 is 16.0 Å². The van der Waals surface area contributed by atoms with Crippen LogP contribution in [0.1, 0.15) is 35.1 Å². The van der Waals surface area contributed by atoms with E-state index in [0.29, 0.717) is 47.1 Å². The van der Waals surface area contributed by atoms with Gasteiger partial charge in [-0.25, -0.2) is 18.5 Å². The fraction of sp³-hybridized carbons (Fsp3) is 0.296. The number of aromatic nitrogens is 2. The molecule has 0 aliphatic heterocycles. The van der Waals surface area contributed by atoms with Gasteiger partial charge in [0.25, 0.3) is 5.56 Å². The number of thioether (sulfide) groups is 1. The fourth-order valence-electron chi connectivity index (χ4n) is 4.01. The Morgan fingerprint density at radius 2 is 1.89 bits per heavy atom. The summed E-state index contributed by atoms with van der Waals surface area (Å²) < 4.78 is 25.0. The number of fused-ring (bicyclic) bond motifs is 1. The molecule has 0 unspecified atom stereocenters. The summed E-state index contributed by atoms with van der Waals surface area (Å²) in [6, 6.07) is 14.5. The third kappa shape index (κ3) is 7.10. The number of hydrogen-bond donors (Lipinski definition) is 2. The van der Waals surface area contributed by atoms with Crippen LogP contribution in [0.5, 0.6) is 0 Å². The van der Waals surface area contributed by atoms with Crippen molar-refractivity contribution >= 4 is 49.2 Å². The highest BCUT2D eigenvalue weighted by molar-refractivity contribution is 7.98. The van der Waals surface area contributed by atoms with Crippen molar-refractivity contribution < 1.29 is 13.2 Å². The summed E-state index contributed by atoms with van der Waals surface area (Å²) in [6.45, 7) is 4.97. The minimum atomic E-state index is -3.72. The number of sulfonamides is 1. The van der Waals surface area contributed by atoms with Gasteiger partial charge in [0.05, 0.1) is 10.4 Å². The topological polar surface area (TPSA) is 124 Å². The van der Waals surface area contributed by atoms with Crippen molar-refractivity contribution in [3.05, 3.63) is 86.5 Å². The first-order valence-electron chi connectivity index (χ1n) is 12.2. The van der Waals surface area contributed by atoms with Gasteiger partial charge in [-0.3, -0.25) is 14.2 Å². The predicted molar refractivity (Wildman–Crippen MR) is 153 cm³/mol. The molecule has 11 heteroatoms. The molecule has 0 atom stereocenters. The summed E-state index contributed by atoms with van der Waals surface area (Å²) >= 11 is 2.92. The normalized spacial score (nSPS) is 11.7. The fourth-order valence-corrected chi connectivity index (χ4v) is 6.39. The molecule has 0 aliphatic rings. The zero-order chi connectivity index (χ0) is 27.3. The zero-order valence-electron chi connectivity index (χ0n) is 21.3. The number of carbonyl (C=O) groups excluding carboxylic acids is 1. The molecule has 4 rings (SSSR count). The molecule has 0 bridgehead atoms. The van der Waals surface area contributed by atoms with Gasteiger partial charge in [0.1, 0.15) is 4.70 Å². The smallest absolute Gasteiger partial charge is 0.272 e. The van der Waals surface area contributed by atoms with Gasteiger partial charge in [-0.1, -0.05) is 47.7 Å². The maximum atomic E-state index is 13.2. The number of aryl methyl sites for hydroxylation is 2. The minimum Gasteiger partial charge on any atom is -0.356 e. The van der Waals surface area contributed by atoms with E-state index in [2.05, 4.69) is 37.4 Å². The van der Waals surface area contributed by atoms with E-state index in [0.717, 1.165) is 5.56 Å². The number of nitrogens with zero attached hydrogens (tertiary/aromatic N) is 2. The lowest BCUT2D eigenvalue weighted by Gasteiger charge is -2.13. The van der Waals surface area contributed by atoms with E-state index in [9.17, 15) is 18.0 Å². The van der Waals surface area contributed by atoms with Crippen LogP contribution >= 0.6 is 23.1 Å². The van der Waals surface area contributed by atoms with E-state index in [1.165, 1.54) is 51.9 Å². The molecule has 0 spiro atoms. The third-order valence-corrected chi connectivity index (χ3v) is 9.01. The standard InChI is InChI=1S/C27H30N4O4S3/c1-18-5-6-19(2)21(16-18)17-37-27-30-23-12-15-36-25(23)26(33)31(27)14-3-4-24(32)29-13-11-20-7-9-22(10-8-20)38(28,34)35/h5-10,12,15-16H,3-4,11,13-14,17H2,1-2H3,(H,29,32)(H2,28,34,35). The van der Waals surface area contributed by atoms with Gasteiger partial charge < -0.3 is 5.32 Å². The molecule has 0 fully saturated rings. The Labute approximate surface area is 230 Å². The highest BCUT2D eigenvalue weighted by atomic mass is 32.2. The molecular weight excluding hydrogens is 541 g/mol. The maximum Gasteiger partial charge on any atom is 0.272 e. The van der Waals surface area contributed by atoms with Crippen LogP contribution in [0.25, 0.3) is 10.2 Å². The minimum absolute atomic E-state index is 0.0577. The van der Waals surface area contributed by atoms with Crippen molar-refractivity contribution in [3.8, 4) is 0 Å². The molecule has 0 radical (unpaired) electrons. The number of primary sulfonamides is 1. The number of thiophene rings is 1. The van der Waals surface area contributed by atoms with Gasteiger partial charge in [-0.2, -0.15) is 0 Å². The third-order valence-electron chi connectivity index (χ3n) is 6.17. The summed E-state index contributed by atoms with van der Waals surface area (Å²) in [5, 5.41) is 10.5. The van der Waals surface area contributed by atoms with Gasteiger partial charge in [-0.15, -0.1) is 11.3 Å². The Hall–Kier alpha value is -2.99. The highest BCUT2D eigenvalue weighted by Gasteiger charge is 2.14. The quantitative estimate of drug-likeness (QED) is 0.206. The molecule has 4 aromatic rings. The SMILES string of the molecule is Cc1ccc(C)c(CSc2nc3ccsc3c(=O)n2CCCC(=O)NCCc2ccc(S(N)(=O)=O)cc2)c1. The van der Waals surface area contributed by atoms with E-state index in [4.69, 9.17) is 10.1 Å². The zero-order valence-corrected chi connectivity index (χ0v) is 23.7. The molecule has 38 heavy (non-hydrogen) atoms. The van der Waals surface area contributed by atoms with Crippen LogP contribution in [0.2, 0.25) is 0 Å². The molecule has 2 aromatic heterocycles. The molecule has 0 saturated carbocycles. The van der Waals surface area contributed by atoms with Crippen LogP contribution in [-0.2, 0) is 33.5 Å². The second kappa shape index (κ2) is 12.2. The predicted octanol–water partition coefficient (Wildman–Crippen LogP) is 4.15. The maximum absolute atomic E-state index is 13.2. The second-order valence-electron chi connectivity index (χ2n) is 9.10. The van der Waals surface area contributed by atoms with Gasteiger partial charge in [0.15, 0.2) is 5.16 Å². The van der Waals surface area contributed by atoms with Crippen molar-refractivity contribution in [2.45, 2.75) is 55.5 Å². The van der Waals surface area contributed by atoms with Crippen molar-refractivity contribution in [1.82, 2.24) is 14.9 Å². The molecule has 8 nitrogen and oxygen atoms in total. The monoisotopic (exact) mass is 570 g/mol. The van der Waals surface area contributed by atoms with Gasteiger partial charge in [0.2, 0.25) is 15.9 Å². The highest BCUT2D eigenvalue weighted by Crippen LogP contribution is 2.26. The Kier molecular flexibility index (Phi) is 9.03. The number of amides is 1. The molecular formula is C27H30N4O4S3. The van der Waals surface area contributed by atoms with Crippen LogP contribution in [0.15, 0.2) is 68.8 Å². The molecule has 200 valence electrons. The second-order valence-corrected chi connectivity index (χ2v) is 12.5. The number of nitrogens with one attached hydrogen (secondary N) is 1. The van der Waals surface area contributed by atoms with E-state index < -0.39 is 10.0 Å². The van der Waals surface area contributed by atoms with Crippen molar-refractivity contribution in [3.63, 3.8) is 0 Å². The molecule has 0 saturated heterocycles. The lowest BCUT2D eigenvalue weighted by atomic mass is 10.1. The lowest BCUT2D eigenvalue weighted by Crippen LogP contribution is -2.27. The van der Waals surface area contributed by atoms with E-state index in [1.807, 2.05) is 11.4 Å². The Balaban J connectivity index is 1.34. The number of carbonyl (C=O) groups is 1. The van der Waals surface area contributed by atoms with Crippen LogP contribution in [0, 0.1) is 13.8 Å². The van der Waals surface area contributed by atoms with Gasteiger partial charge in [-0.05, 0) is 67.0 Å². The van der Waals surface area contributed by atoms with E-state index >= 15 is 0 Å². The molecule has 1 amide bonds. The van der Waals surface area contributed by atoms with Crippen molar-refractivity contribution in [2.24, 2.45) is 5.14 Å². The molecule has 2 heterocycles. The first-order chi connectivity index (χ1) is 18.1. The van der Waals surface area contributed by atoms with E-state index in [-0.39, 0.29) is 22.8 Å². The summed E-state index contributed by atoms with van der Waals surface area (Å²) in [5.74, 6) is 0.600. The number of benzene rings is 2. The first-order valence-corrected chi connectivity index (χ1v) is 15.6. The number of hydrogen-bond acceptors (Lipinski definition) is 7. The van der Waals surface area contributed by atoms with Crippen LogP contribution in [-0.4, -0.2) is 30.4 Å². The Bertz CT molecular complexity index is 1610. The van der Waals surface area contributed by atoms with E-state index in [1.54, 1.807) is 16.7 Å². The van der Waals surface area contributed by atoms with Crippen LogP contribution in [0.4, 0.5) is 0 Å². The largest absolute Gasteiger partial charge is 0.356 e. The Morgan fingerprint density at radius 1 is 1.13 bits per heavy atom. The lowest BCUT2D eigenvalue weighted by molar-refractivity contribution is -0.121. The number of rotatable bonds is 11. The Morgan fingerprint density at radius 3 is 2.63 bits per heavy atom. The van der Waals surface area contributed by atoms with Crippen LogP contribution in [0.3, 0.4) is 0 Å². The summed E-state index contributed by atoms with van der Waals surface area (Å²) in [4.78, 5) is 30.4. The van der Waals surface area contributed by atoms with Gasteiger partial charge in [0, 0.05) is 25.3 Å². The first kappa shape index (κ1) is 28.0. The summed E-state index contributed by atoms with van der Waals surface area (Å²) in [6.07, 6.45) is 1.35. The average molecular weight is 571 g/mol. The number of nitrogens with two attached hydrogens (primary N) is 1. The molecule has 2 aromatic carbocycles. The summed E-state index contributed by atoms with van der Waals surface area (Å²) in [7, 11) is -3.72. The average Bonchev–Trinajstić information content (AvgIpc) is 3.35. The molecule has 0 aliphatic carbocycles. The van der Waals surface area contributed by atoms with Gasteiger partial charge >= 0.3 is 0 Å². The molecule has 3 N–H and O–H groups in total. The summed E-state index contributed by atoms with van der Waals surface area (Å²) in [5.41, 5.74) is 5.12. The van der Waals surface area contributed by atoms with Crippen molar-refractivity contribution in [2.75, 3.05) is 6.54 Å².